The second-order valence-corrected chi connectivity index (χ2v) is 6.80. The molecule has 2 aliphatic carbocycles. The number of carbonyl (C=O) groups is 1. The Hall–Kier alpha value is -0.570. The molecule has 1 saturated heterocycles. The number of amides is 1. The highest BCUT2D eigenvalue weighted by atomic mass is 16.2. The van der Waals surface area contributed by atoms with Crippen LogP contribution >= 0.6 is 0 Å². The van der Waals surface area contributed by atoms with Crippen LogP contribution in [0.1, 0.15) is 46.5 Å². The van der Waals surface area contributed by atoms with Crippen molar-refractivity contribution in [3.05, 3.63) is 0 Å². The first-order valence-corrected chi connectivity index (χ1v) is 7.10. The molecule has 0 bridgehead atoms. The van der Waals surface area contributed by atoms with E-state index in [9.17, 15) is 4.79 Å². The first-order valence-electron chi connectivity index (χ1n) is 7.10. The molecule has 3 unspecified atom stereocenters. The smallest absolute Gasteiger partial charge is 0.244 e. The van der Waals surface area contributed by atoms with E-state index in [0.717, 1.165) is 37.6 Å². The van der Waals surface area contributed by atoms with Crippen LogP contribution in [0, 0.1) is 17.8 Å². The third-order valence-corrected chi connectivity index (χ3v) is 4.64. The number of hydrogen-bond acceptors (Lipinski definition) is 2. The molecule has 0 aromatic rings. The Kier molecular flexibility index (Phi) is 2.51. The van der Waals surface area contributed by atoms with Crippen LogP contribution in [0.5, 0.6) is 0 Å². The van der Waals surface area contributed by atoms with Crippen LogP contribution in [0.15, 0.2) is 0 Å². The van der Waals surface area contributed by atoms with Gasteiger partial charge in [-0.2, -0.15) is 0 Å². The van der Waals surface area contributed by atoms with Crippen molar-refractivity contribution in [3.8, 4) is 0 Å². The Morgan fingerprint density at radius 3 is 2.59 bits per heavy atom. The van der Waals surface area contributed by atoms with Crippen LogP contribution < -0.4 is 5.32 Å². The molecule has 17 heavy (non-hydrogen) atoms. The van der Waals surface area contributed by atoms with E-state index in [2.05, 4.69) is 31.0 Å². The monoisotopic (exact) mass is 236 g/mol. The Morgan fingerprint density at radius 2 is 2.12 bits per heavy atom. The predicted octanol–water partition coefficient (Wildman–Crippen LogP) is 1.98. The molecule has 0 radical (unpaired) electrons. The number of nitrogens with one attached hydrogen (secondary N) is 1. The molecule has 2 saturated carbocycles. The minimum Gasteiger partial charge on any atom is -0.325 e. The van der Waals surface area contributed by atoms with E-state index in [-0.39, 0.29) is 5.54 Å². The van der Waals surface area contributed by atoms with E-state index in [1.54, 1.807) is 0 Å². The highest BCUT2D eigenvalue weighted by Gasteiger charge is 2.59. The van der Waals surface area contributed by atoms with Gasteiger partial charge in [-0.15, -0.1) is 0 Å². The van der Waals surface area contributed by atoms with Gasteiger partial charge in [0.2, 0.25) is 5.91 Å². The van der Waals surface area contributed by atoms with Gasteiger partial charge in [-0.1, -0.05) is 20.8 Å². The van der Waals surface area contributed by atoms with E-state index in [0.29, 0.717) is 18.0 Å². The summed E-state index contributed by atoms with van der Waals surface area (Å²) in [5.74, 6) is 2.64. The molecule has 3 fully saturated rings. The number of rotatable bonds is 4. The zero-order chi connectivity index (χ0) is 12.2. The molecule has 1 spiro atoms. The Bertz CT molecular complexity index is 335. The van der Waals surface area contributed by atoms with Crippen molar-refractivity contribution in [1.82, 2.24) is 10.2 Å². The first-order chi connectivity index (χ1) is 8.02. The normalized spacial score (nSPS) is 38.2. The minimum atomic E-state index is -0.127. The SMILES string of the molecule is CC(C)CC1NC2(CC2)C(=O)N1CC1CC1C. The molecule has 3 rings (SSSR count). The quantitative estimate of drug-likeness (QED) is 0.809. The first kappa shape index (κ1) is 11.5. The molecule has 3 nitrogen and oxygen atoms in total. The van der Waals surface area contributed by atoms with Gasteiger partial charge in [0.15, 0.2) is 0 Å². The fourth-order valence-electron chi connectivity index (χ4n) is 3.11. The average molecular weight is 236 g/mol. The van der Waals surface area contributed by atoms with Crippen molar-refractivity contribution < 1.29 is 4.79 Å². The predicted molar refractivity (Wildman–Crippen MR) is 67.3 cm³/mol. The summed E-state index contributed by atoms with van der Waals surface area (Å²) < 4.78 is 0. The van der Waals surface area contributed by atoms with E-state index >= 15 is 0 Å². The zero-order valence-electron chi connectivity index (χ0n) is 11.2. The summed E-state index contributed by atoms with van der Waals surface area (Å²) in [5, 5.41) is 3.60. The van der Waals surface area contributed by atoms with Crippen molar-refractivity contribution in [2.45, 2.75) is 58.2 Å². The Balaban J connectivity index is 1.69. The van der Waals surface area contributed by atoms with Crippen molar-refractivity contribution in [2.24, 2.45) is 17.8 Å². The highest BCUT2D eigenvalue weighted by molar-refractivity contribution is 5.91. The van der Waals surface area contributed by atoms with Crippen LogP contribution in [-0.2, 0) is 4.79 Å². The fourth-order valence-corrected chi connectivity index (χ4v) is 3.11. The number of hydrogen-bond donors (Lipinski definition) is 1. The van der Waals surface area contributed by atoms with Crippen LogP contribution in [0.4, 0.5) is 0 Å². The lowest BCUT2D eigenvalue weighted by Gasteiger charge is -2.25. The molecule has 3 heteroatoms. The van der Waals surface area contributed by atoms with E-state index in [1.807, 2.05) is 0 Å². The van der Waals surface area contributed by atoms with Gasteiger partial charge in [0.25, 0.3) is 0 Å². The molecule has 3 atom stereocenters. The molecule has 1 N–H and O–H groups in total. The molecule has 3 aliphatic rings. The minimum absolute atomic E-state index is 0.127. The van der Waals surface area contributed by atoms with Gasteiger partial charge < -0.3 is 4.90 Å². The largest absolute Gasteiger partial charge is 0.325 e. The second kappa shape index (κ2) is 3.71. The maximum absolute atomic E-state index is 12.4. The van der Waals surface area contributed by atoms with Gasteiger partial charge in [-0.05, 0) is 43.4 Å². The van der Waals surface area contributed by atoms with Crippen LogP contribution in [0.3, 0.4) is 0 Å². The fraction of sp³-hybridized carbons (Fsp3) is 0.929. The molecule has 1 amide bonds. The summed E-state index contributed by atoms with van der Waals surface area (Å²) in [6, 6.07) is 0. The number of carbonyl (C=O) groups excluding carboxylic acids is 1. The lowest BCUT2D eigenvalue weighted by molar-refractivity contribution is -0.131. The van der Waals surface area contributed by atoms with E-state index in [1.165, 1.54) is 6.42 Å². The molecule has 0 aromatic carbocycles. The van der Waals surface area contributed by atoms with Crippen LogP contribution in [-0.4, -0.2) is 29.1 Å². The lowest BCUT2D eigenvalue weighted by atomic mass is 10.1. The van der Waals surface area contributed by atoms with Crippen LogP contribution in [0.2, 0.25) is 0 Å². The standard InChI is InChI=1S/C14H24N2O/c1-9(2)6-12-15-14(4-5-14)13(17)16(12)8-11-7-10(11)3/h9-12,15H,4-8H2,1-3H3. The molecular weight excluding hydrogens is 212 g/mol. The van der Waals surface area contributed by atoms with Gasteiger partial charge in [-0.25, -0.2) is 0 Å². The van der Waals surface area contributed by atoms with Crippen molar-refractivity contribution in [2.75, 3.05) is 6.54 Å². The van der Waals surface area contributed by atoms with Crippen LogP contribution in [0.25, 0.3) is 0 Å². The third-order valence-electron chi connectivity index (χ3n) is 4.64. The Morgan fingerprint density at radius 1 is 1.47 bits per heavy atom. The maximum atomic E-state index is 12.4. The third kappa shape index (κ3) is 1.99. The lowest BCUT2D eigenvalue weighted by Crippen LogP contribution is -2.39. The summed E-state index contributed by atoms with van der Waals surface area (Å²) in [4.78, 5) is 14.6. The summed E-state index contributed by atoms with van der Waals surface area (Å²) >= 11 is 0. The highest BCUT2D eigenvalue weighted by Crippen LogP contribution is 2.45. The van der Waals surface area contributed by atoms with Crippen molar-refractivity contribution >= 4 is 5.91 Å². The molecule has 1 heterocycles. The maximum Gasteiger partial charge on any atom is 0.244 e. The topological polar surface area (TPSA) is 32.3 Å². The summed E-state index contributed by atoms with van der Waals surface area (Å²) in [7, 11) is 0. The van der Waals surface area contributed by atoms with E-state index in [4.69, 9.17) is 0 Å². The van der Waals surface area contributed by atoms with Gasteiger partial charge >= 0.3 is 0 Å². The van der Waals surface area contributed by atoms with Gasteiger partial charge in [0.1, 0.15) is 0 Å². The van der Waals surface area contributed by atoms with Gasteiger partial charge in [-0.3, -0.25) is 10.1 Å². The molecular formula is C14H24N2O. The van der Waals surface area contributed by atoms with Crippen molar-refractivity contribution in [1.29, 1.82) is 0 Å². The molecule has 96 valence electrons. The summed E-state index contributed by atoms with van der Waals surface area (Å²) in [6.45, 7) is 7.76. The Labute approximate surface area is 104 Å². The van der Waals surface area contributed by atoms with E-state index < -0.39 is 0 Å². The van der Waals surface area contributed by atoms with Crippen molar-refractivity contribution in [3.63, 3.8) is 0 Å². The molecule has 0 aromatic heterocycles. The van der Waals surface area contributed by atoms with Gasteiger partial charge in [0, 0.05) is 6.54 Å². The van der Waals surface area contributed by atoms with Gasteiger partial charge in [0.05, 0.1) is 11.7 Å². The average Bonchev–Trinajstić information content (AvgIpc) is 3.11. The summed E-state index contributed by atoms with van der Waals surface area (Å²) in [5.41, 5.74) is -0.127. The zero-order valence-corrected chi connectivity index (χ0v) is 11.2. The number of nitrogens with zero attached hydrogens (tertiary/aromatic N) is 1. The second-order valence-electron chi connectivity index (χ2n) is 6.80. The molecule has 1 aliphatic heterocycles. The summed E-state index contributed by atoms with van der Waals surface area (Å²) in [6.07, 6.45) is 4.81.